The third-order valence-corrected chi connectivity index (χ3v) is 7.02. The predicted octanol–water partition coefficient (Wildman–Crippen LogP) is 5.41. The number of urea groups is 1. The first-order valence-electron chi connectivity index (χ1n) is 12.7. The van der Waals surface area contributed by atoms with Crippen LogP contribution in [0.5, 0.6) is 0 Å². The molecule has 0 saturated carbocycles. The minimum atomic E-state index is -0.327. The molecule has 2 heterocycles. The third-order valence-electron chi connectivity index (χ3n) is 6.83. The van der Waals surface area contributed by atoms with Gasteiger partial charge >= 0.3 is 6.03 Å². The first-order chi connectivity index (χ1) is 17.2. The Kier molecular flexibility index (Phi) is 10.1. The van der Waals surface area contributed by atoms with Crippen LogP contribution in [0.1, 0.15) is 61.1 Å². The van der Waals surface area contributed by atoms with Crippen LogP contribution in [0.2, 0.25) is 5.15 Å². The zero-order valence-corrected chi connectivity index (χ0v) is 22.4. The normalized spacial score (nSPS) is 15.4. The minimum absolute atomic E-state index is 0.123. The van der Waals surface area contributed by atoms with Crippen molar-refractivity contribution in [1.29, 1.82) is 0 Å². The number of anilines is 1. The van der Waals surface area contributed by atoms with Crippen molar-refractivity contribution in [2.75, 3.05) is 31.5 Å². The average molecular weight is 518 g/mol. The van der Waals surface area contributed by atoms with Gasteiger partial charge in [0.05, 0.1) is 11.3 Å². The molecule has 0 spiro atoms. The number of hydrogen-bond acceptors (Lipinski definition) is 4. The van der Waals surface area contributed by atoms with Crippen molar-refractivity contribution in [1.82, 2.24) is 20.1 Å². The van der Waals surface area contributed by atoms with Crippen molar-refractivity contribution in [2.45, 2.75) is 65.5 Å². The molecule has 1 aliphatic rings. The van der Waals surface area contributed by atoms with Crippen molar-refractivity contribution >= 4 is 29.2 Å². The van der Waals surface area contributed by atoms with Gasteiger partial charge in [-0.25, -0.2) is 14.2 Å². The van der Waals surface area contributed by atoms with E-state index in [0.29, 0.717) is 41.2 Å². The summed E-state index contributed by atoms with van der Waals surface area (Å²) in [6.45, 7) is 10.9. The molecule has 3 rings (SSSR count). The molecule has 1 fully saturated rings. The number of piperidine rings is 1. The lowest BCUT2D eigenvalue weighted by molar-refractivity contribution is 0.0925. The van der Waals surface area contributed by atoms with E-state index in [1.807, 2.05) is 11.8 Å². The lowest BCUT2D eigenvalue weighted by Crippen LogP contribution is -2.51. The van der Waals surface area contributed by atoms with Gasteiger partial charge in [-0.2, -0.15) is 0 Å². The van der Waals surface area contributed by atoms with Gasteiger partial charge < -0.3 is 20.4 Å². The molecular formula is C27H37ClFN5O2. The maximum atomic E-state index is 13.2. The molecule has 1 unspecified atom stereocenters. The summed E-state index contributed by atoms with van der Waals surface area (Å²) in [5, 5.41) is 6.32. The van der Waals surface area contributed by atoms with Crippen LogP contribution in [0, 0.1) is 19.7 Å². The summed E-state index contributed by atoms with van der Waals surface area (Å²) in [4.78, 5) is 34.2. The second kappa shape index (κ2) is 13.0. The summed E-state index contributed by atoms with van der Waals surface area (Å²) >= 11 is 5.98. The summed E-state index contributed by atoms with van der Waals surface area (Å²) in [5.41, 5.74) is 2.63. The fourth-order valence-corrected chi connectivity index (χ4v) is 5.14. The molecule has 1 saturated heterocycles. The molecule has 1 atom stereocenters. The summed E-state index contributed by atoms with van der Waals surface area (Å²) in [7, 11) is 0. The van der Waals surface area contributed by atoms with E-state index in [0.717, 1.165) is 44.3 Å². The lowest BCUT2D eigenvalue weighted by Gasteiger charge is -2.40. The molecule has 1 aromatic carbocycles. The number of likely N-dealkylation sites (tertiary alicyclic amines) is 1. The van der Waals surface area contributed by atoms with Crippen LogP contribution in [0.3, 0.4) is 0 Å². The Morgan fingerprint density at radius 1 is 1.22 bits per heavy atom. The average Bonchev–Trinajstić information content (AvgIpc) is 2.83. The van der Waals surface area contributed by atoms with Crippen molar-refractivity contribution in [3.8, 4) is 0 Å². The maximum Gasteiger partial charge on any atom is 0.322 e. The number of rotatable bonds is 9. The number of aryl methyl sites for hydroxylation is 2. The van der Waals surface area contributed by atoms with Crippen LogP contribution >= 0.6 is 11.6 Å². The van der Waals surface area contributed by atoms with Gasteiger partial charge in [-0.3, -0.25) is 4.79 Å². The Balaban J connectivity index is 1.47. The van der Waals surface area contributed by atoms with E-state index in [9.17, 15) is 14.0 Å². The molecule has 0 radical (unpaired) electrons. The third kappa shape index (κ3) is 7.40. The Morgan fingerprint density at radius 3 is 2.50 bits per heavy atom. The second-order valence-corrected chi connectivity index (χ2v) is 9.90. The Morgan fingerprint density at radius 2 is 1.89 bits per heavy atom. The molecule has 196 valence electrons. The number of aromatic nitrogens is 1. The van der Waals surface area contributed by atoms with Gasteiger partial charge in [0.25, 0.3) is 5.91 Å². The topological polar surface area (TPSA) is 77.6 Å². The molecule has 9 heteroatoms. The number of nitrogens with zero attached hydrogens (tertiary/aromatic N) is 3. The van der Waals surface area contributed by atoms with Gasteiger partial charge in [0, 0.05) is 44.0 Å². The van der Waals surface area contributed by atoms with Gasteiger partial charge in [0.2, 0.25) is 0 Å². The molecule has 36 heavy (non-hydrogen) atoms. The molecule has 1 aromatic heterocycles. The van der Waals surface area contributed by atoms with Gasteiger partial charge in [-0.15, -0.1) is 0 Å². The number of hydrogen-bond donors (Lipinski definition) is 2. The standard InChI is InChI=1S/C27H37ClFN5O2/c1-5-14-34(27(36)32-22-8-6-21(29)7-9-22)23-11-15-33(16-12-23)19(3)10-13-30-26(35)25-18(2)17-24(28)31-20(25)4/h6-9,17,19,23H,5,10-16H2,1-4H3,(H,30,35)(H,32,36). The van der Waals surface area contributed by atoms with Crippen molar-refractivity contribution in [3.05, 3.63) is 58.1 Å². The van der Waals surface area contributed by atoms with Crippen LogP contribution in [0.25, 0.3) is 0 Å². The van der Waals surface area contributed by atoms with E-state index in [4.69, 9.17) is 11.6 Å². The predicted molar refractivity (Wildman–Crippen MR) is 142 cm³/mol. The van der Waals surface area contributed by atoms with Crippen LogP contribution in [-0.4, -0.2) is 65.0 Å². The molecule has 1 aliphatic heterocycles. The summed E-state index contributed by atoms with van der Waals surface area (Å²) < 4.78 is 13.2. The van der Waals surface area contributed by atoms with Crippen molar-refractivity contribution in [3.63, 3.8) is 0 Å². The number of halogens is 2. The Labute approximate surface area is 218 Å². The largest absolute Gasteiger partial charge is 0.352 e. The van der Waals surface area contributed by atoms with E-state index in [1.54, 1.807) is 25.1 Å². The van der Waals surface area contributed by atoms with Crippen LogP contribution in [-0.2, 0) is 0 Å². The quantitative estimate of drug-likeness (QED) is 0.436. The molecule has 3 amide bonds. The monoisotopic (exact) mass is 517 g/mol. The number of amides is 3. The first kappa shape index (κ1) is 27.9. The van der Waals surface area contributed by atoms with Crippen molar-refractivity contribution in [2.24, 2.45) is 0 Å². The van der Waals surface area contributed by atoms with Gasteiger partial charge in [-0.05, 0) is 82.3 Å². The highest BCUT2D eigenvalue weighted by atomic mass is 35.5. The molecule has 7 nitrogen and oxygen atoms in total. The Bertz CT molecular complexity index is 1020. The van der Waals surface area contributed by atoms with E-state index >= 15 is 0 Å². The van der Waals surface area contributed by atoms with E-state index in [1.165, 1.54) is 12.1 Å². The number of pyridine rings is 1. The summed E-state index contributed by atoms with van der Waals surface area (Å²) in [6.07, 6.45) is 3.49. The van der Waals surface area contributed by atoms with E-state index in [-0.39, 0.29) is 23.8 Å². The number of nitrogens with one attached hydrogen (secondary N) is 2. The van der Waals surface area contributed by atoms with Crippen LogP contribution in [0.15, 0.2) is 30.3 Å². The van der Waals surface area contributed by atoms with E-state index in [2.05, 4.69) is 34.4 Å². The minimum Gasteiger partial charge on any atom is -0.352 e. The molecule has 0 aliphatic carbocycles. The zero-order valence-electron chi connectivity index (χ0n) is 21.6. The number of carbonyl (C=O) groups is 2. The van der Waals surface area contributed by atoms with Gasteiger partial charge in [0.1, 0.15) is 11.0 Å². The fourth-order valence-electron chi connectivity index (χ4n) is 4.85. The van der Waals surface area contributed by atoms with Crippen LogP contribution in [0.4, 0.5) is 14.9 Å². The molecule has 2 N–H and O–H groups in total. The highest BCUT2D eigenvalue weighted by Gasteiger charge is 2.29. The smallest absolute Gasteiger partial charge is 0.322 e. The molecule has 2 aromatic rings. The number of benzene rings is 1. The van der Waals surface area contributed by atoms with Gasteiger partial charge in [0.15, 0.2) is 0 Å². The molecule has 0 bridgehead atoms. The highest BCUT2D eigenvalue weighted by Crippen LogP contribution is 2.21. The number of carbonyl (C=O) groups excluding carboxylic acids is 2. The SMILES string of the molecule is CCCN(C(=O)Nc1ccc(F)cc1)C1CCN(C(C)CCNC(=O)c2c(C)cc(Cl)nc2C)CC1. The highest BCUT2D eigenvalue weighted by molar-refractivity contribution is 6.29. The van der Waals surface area contributed by atoms with Gasteiger partial charge in [-0.1, -0.05) is 18.5 Å². The summed E-state index contributed by atoms with van der Waals surface area (Å²) in [6, 6.07) is 7.88. The maximum absolute atomic E-state index is 13.2. The first-order valence-corrected chi connectivity index (χ1v) is 13.1. The zero-order chi connectivity index (χ0) is 26.2. The second-order valence-electron chi connectivity index (χ2n) is 9.51. The lowest BCUT2D eigenvalue weighted by atomic mass is 10.0. The Hall–Kier alpha value is -2.71. The fraction of sp³-hybridized carbons (Fsp3) is 0.519. The van der Waals surface area contributed by atoms with Crippen molar-refractivity contribution < 1.29 is 14.0 Å². The summed E-state index contributed by atoms with van der Waals surface area (Å²) in [5.74, 6) is -0.450. The molecular weight excluding hydrogens is 481 g/mol. The van der Waals surface area contributed by atoms with E-state index < -0.39 is 0 Å². The van der Waals surface area contributed by atoms with Crippen LogP contribution < -0.4 is 10.6 Å².